The average Bonchev–Trinajstić information content (AvgIpc) is 2.14. The number of phenolic OH excluding ortho intramolecular Hbond substituents is 1. The summed E-state index contributed by atoms with van der Waals surface area (Å²) in [4.78, 5) is 11.0. The molecular weight excluding hydrogens is 178 g/mol. The molecule has 0 unspecified atom stereocenters. The molecule has 0 heterocycles. The van der Waals surface area contributed by atoms with E-state index in [4.69, 9.17) is 5.73 Å². The van der Waals surface area contributed by atoms with Gasteiger partial charge < -0.3 is 10.8 Å². The molecule has 0 saturated heterocycles. The monoisotopic (exact) mass is 193 g/mol. The topological polar surface area (TPSA) is 63.3 Å². The van der Waals surface area contributed by atoms with Crippen LogP contribution in [0.3, 0.4) is 0 Å². The maximum Gasteiger partial charge on any atom is 0.248 e. The molecule has 3 heteroatoms. The van der Waals surface area contributed by atoms with Crippen molar-refractivity contribution in [2.75, 3.05) is 0 Å². The lowest BCUT2D eigenvalue weighted by Gasteiger charge is -2.06. The van der Waals surface area contributed by atoms with E-state index in [1.54, 1.807) is 12.1 Å². The Bertz CT molecular complexity index is 334. The number of primary amides is 1. The van der Waals surface area contributed by atoms with Crippen LogP contribution in [-0.4, -0.2) is 11.0 Å². The molecule has 1 aromatic carbocycles. The van der Waals surface area contributed by atoms with E-state index in [0.29, 0.717) is 5.56 Å². The zero-order valence-corrected chi connectivity index (χ0v) is 8.29. The van der Waals surface area contributed by atoms with Gasteiger partial charge in [-0.1, -0.05) is 13.3 Å². The van der Waals surface area contributed by atoms with Gasteiger partial charge in [0.2, 0.25) is 5.91 Å². The molecule has 1 rings (SSSR count). The number of aryl methyl sites for hydroxylation is 1. The van der Waals surface area contributed by atoms with Crippen LogP contribution in [0.15, 0.2) is 18.2 Å². The number of carbonyl (C=O) groups excluding carboxylic acids is 1. The van der Waals surface area contributed by atoms with E-state index in [1.165, 1.54) is 6.07 Å². The van der Waals surface area contributed by atoms with E-state index >= 15 is 0 Å². The summed E-state index contributed by atoms with van der Waals surface area (Å²) in [6, 6.07) is 4.66. The van der Waals surface area contributed by atoms with Crippen LogP contribution < -0.4 is 5.73 Å². The van der Waals surface area contributed by atoms with E-state index in [0.717, 1.165) is 24.8 Å². The van der Waals surface area contributed by atoms with E-state index in [-0.39, 0.29) is 5.75 Å². The van der Waals surface area contributed by atoms with Crippen LogP contribution in [-0.2, 0) is 6.42 Å². The molecule has 0 atom stereocenters. The Balaban J connectivity index is 2.97. The average molecular weight is 193 g/mol. The number of phenols is 1. The number of aromatic hydroxyl groups is 1. The summed E-state index contributed by atoms with van der Waals surface area (Å²) in [5.74, 6) is -0.253. The van der Waals surface area contributed by atoms with E-state index in [9.17, 15) is 9.90 Å². The largest absolute Gasteiger partial charge is 0.508 e. The third-order valence-electron chi connectivity index (χ3n) is 2.15. The second-order valence-electron chi connectivity index (χ2n) is 3.31. The maximum atomic E-state index is 11.0. The van der Waals surface area contributed by atoms with E-state index in [1.807, 2.05) is 0 Å². The van der Waals surface area contributed by atoms with Crippen molar-refractivity contribution >= 4 is 5.91 Å². The minimum Gasteiger partial charge on any atom is -0.508 e. The van der Waals surface area contributed by atoms with Gasteiger partial charge in [-0.3, -0.25) is 4.79 Å². The molecule has 0 radical (unpaired) electrons. The number of nitrogens with two attached hydrogens (primary N) is 1. The van der Waals surface area contributed by atoms with Gasteiger partial charge in [0.25, 0.3) is 0 Å². The van der Waals surface area contributed by atoms with Crippen LogP contribution in [0.5, 0.6) is 5.75 Å². The van der Waals surface area contributed by atoms with Crippen LogP contribution in [0.4, 0.5) is 0 Å². The van der Waals surface area contributed by atoms with Gasteiger partial charge in [-0.25, -0.2) is 0 Å². The smallest absolute Gasteiger partial charge is 0.248 e. The normalized spacial score (nSPS) is 10.1. The number of hydrogen-bond acceptors (Lipinski definition) is 2. The molecule has 0 spiro atoms. The molecule has 0 saturated carbocycles. The van der Waals surface area contributed by atoms with Gasteiger partial charge in [0.15, 0.2) is 0 Å². The minimum atomic E-state index is -0.434. The molecule has 0 aliphatic rings. The number of rotatable bonds is 4. The highest BCUT2D eigenvalue weighted by Crippen LogP contribution is 2.18. The van der Waals surface area contributed by atoms with Gasteiger partial charge >= 0.3 is 0 Å². The fourth-order valence-electron chi connectivity index (χ4n) is 1.39. The highest BCUT2D eigenvalue weighted by molar-refractivity contribution is 5.94. The highest BCUT2D eigenvalue weighted by Gasteiger charge is 2.07. The molecule has 0 aromatic heterocycles. The van der Waals surface area contributed by atoms with Gasteiger partial charge in [0.1, 0.15) is 5.75 Å². The summed E-state index contributed by atoms with van der Waals surface area (Å²) < 4.78 is 0. The Morgan fingerprint density at radius 2 is 2.21 bits per heavy atom. The van der Waals surface area contributed by atoms with Crippen LogP contribution >= 0.6 is 0 Å². The van der Waals surface area contributed by atoms with Crippen LogP contribution in [0.2, 0.25) is 0 Å². The molecule has 0 bridgehead atoms. The van der Waals surface area contributed by atoms with Gasteiger partial charge in [-0.05, 0) is 36.6 Å². The summed E-state index contributed by atoms with van der Waals surface area (Å²) in [5.41, 5.74) is 6.56. The predicted octanol–water partition coefficient (Wildman–Crippen LogP) is 1.83. The molecule has 76 valence electrons. The van der Waals surface area contributed by atoms with E-state index < -0.39 is 5.91 Å². The first kappa shape index (κ1) is 10.6. The van der Waals surface area contributed by atoms with Crippen molar-refractivity contribution in [1.29, 1.82) is 0 Å². The second kappa shape index (κ2) is 4.65. The number of amides is 1. The summed E-state index contributed by atoms with van der Waals surface area (Å²) in [6.45, 7) is 2.08. The Labute approximate surface area is 83.6 Å². The first-order valence-corrected chi connectivity index (χ1v) is 4.77. The molecule has 0 aliphatic heterocycles. The Morgan fingerprint density at radius 3 is 2.79 bits per heavy atom. The Hall–Kier alpha value is -1.51. The summed E-state index contributed by atoms with van der Waals surface area (Å²) in [6.07, 6.45) is 2.82. The van der Waals surface area contributed by atoms with Crippen molar-refractivity contribution in [2.24, 2.45) is 5.73 Å². The zero-order valence-electron chi connectivity index (χ0n) is 8.29. The molecule has 1 aromatic rings. The van der Waals surface area contributed by atoms with E-state index in [2.05, 4.69) is 6.92 Å². The highest BCUT2D eigenvalue weighted by atomic mass is 16.3. The quantitative estimate of drug-likeness (QED) is 0.766. The lowest BCUT2D eigenvalue weighted by atomic mass is 10.0. The van der Waals surface area contributed by atoms with Gasteiger partial charge in [0.05, 0.1) is 0 Å². The van der Waals surface area contributed by atoms with Crippen molar-refractivity contribution in [3.8, 4) is 5.75 Å². The van der Waals surface area contributed by atoms with Gasteiger partial charge in [0, 0.05) is 5.56 Å². The Kier molecular flexibility index (Phi) is 3.51. The first-order chi connectivity index (χ1) is 6.65. The molecule has 3 nitrogen and oxygen atoms in total. The van der Waals surface area contributed by atoms with Crippen molar-refractivity contribution in [3.05, 3.63) is 29.3 Å². The van der Waals surface area contributed by atoms with Crippen molar-refractivity contribution in [3.63, 3.8) is 0 Å². The number of hydrogen-bond donors (Lipinski definition) is 2. The number of unbranched alkanes of at least 4 members (excludes halogenated alkanes) is 1. The molecular formula is C11H15NO2. The standard InChI is InChI=1S/C11H15NO2/c1-2-3-4-8-7-9(13)5-6-10(8)11(12)14/h5-7,13H,2-4H2,1H3,(H2,12,14). The predicted molar refractivity (Wildman–Crippen MR) is 55.2 cm³/mol. The van der Waals surface area contributed by atoms with Crippen LogP contribution in [0, 0.1) is 0 Å². The SMILES string of the molecule is CCCCc1cc(O)ccc1C(N)=O. The molecule has 0 fully saturated rings. The summed E-state index contributed by atoms with van der Waals surface area (Å²) >= 11 is 0. The third kappa shape index (κ3) is 2.49. The maximum absolute atomic E-state index is 11.0. The van der Waals surface area contributed by atoms with Gasteiger partial charge in [-0.15, -0.1) is 0 Å². The molecule has 3 N–H and O–H groups in total. The molecule has 0 aliphatic carbocycles. The lowest BCUT2D eigenvalue weighted by Crippen LogP contribution is -2.13. The minimum absolute atomic E-state index is 0.182. The third-order valence-corrected chi connectivity index (χ3v) is 2.15. The second-order valence-corrected chi connectivity index (χ2v) is 3.31. The number of carbonyl (C=O) groups is 1. The van der Waals surface area contributed by atoms with Crippen LogP contribution in [0.25, 0.3) is 0 Å². The van der Waals surface area contributed by atoms with Crippen LogP contribution in [0.1, 0.15) is 35.7 Å². The number of benzene rings is 1. The van der Waals surface area contributed by atoms with Crippen molar-refractivity contribution < 1.29 is 9.90 Å². The Morgan fingerprint density at radius 1 is 1.50 bits per heavy atom. The van der Waals surface area contributed by atoms with Gasteiger partial charge in [-0.2, -0.15) is 0 Å². The van der Waals surface area contributed by atoms with Crippen molar-refractivity contribution in [1.82, 2.24) is 0 Å². The van der Waals surface area contributed by atoms with Crippen molar-refractivity contribution in [2.45, 2.75) is 26.2 Å². The summed E-state index contributed by atoms with van der Waals surface area (Å²) in [5, 5.41) is 9.27. The zero-order chi connectivity index (χ0) is 10.6. The lowest BCUT2D eigenvalue weighted by molar-refractivity contribution is 0.0999. The first-order valence-electron chi connectivity index (χ1n) is 4.77. The fourth-order valence-corrected chi connectivity index (χ4v) is 1.39. The summed E-state index contributed by atoms with van der Waals surface area (Å²) in [7, 11) is 0. The molecule has 1 amide bonds. The molecule has 14 heavy (non-hydrogen) atoms. The fraction of sp³-hybridized carbons (Fsp3) is 0.364.